The summed E-state index contributed by atoms with van der Waals surface area (Å²) in [7, 11) is 0. The Labute approximate surface area is 91.3 Å². The molecule has 1 aromatic rings. The molecule has 14 heavy (non-hydrogen) atoms. The van der Waals surface area contributed by atoms with Crippen molar-refractivity contribution >= 4 is 11.6 Å². The Kier molecular flexibility index (Phi) is 3.57. The molecule has 0 aliphatic heterocycles. The highest BCUT2D eigenvalue weighted by Gasteiger charge is 2.16. The van der Waals surface area contributed by atoms with Crippen molar-refractivity contribution in [1.29, 1.82) is 0 Å². The number of nitrogens with two attached hydrogens (primary N) is 1. The third kappa shape index (κ3) is 3.69. The number of hydrogen-bond acceptors (Lipinski definition) is 1. The summed E-state index contributed by atoms with van der Waals surface area (Å²) < 4.78 is 0. The summed E-state index contributed by atoms with van der Waals surface area (Å²) in [5.41, 5.74) is 7.16. The Balaban J connectivity index is 2.70. The van der Waals surface area contributed by atoms with Crippen LogP contribution in [0.25, 0.3) is 0 Å². The lowest BCUT2D eigenvalue weighted by Crippen LogP contribution is -2.33. The minimum atomic E-state index is -0.112. The van der Waals surface area contributed by atoms with E-state index in [4.69, 9.17) is 17.3 Å². The van der Waals surface area contributed by atoms with Gasteiger partial charge in [0.1, 0.15) is 0 Å². The second-order valence-electron chi connectivity index (χ2n) is 4.65. The lowest BCUT2D eigenvalue weighted by molar-refractivity contribution is 0.437. The fourth-order valence-electron chi connectivity index (χ4n) is 1.70. The van der Waals surface area contributed by atoms with Gasteiger partial charge in [-0.1, -0.05) is 30.7 Å². The molecule has 0 aliphatic carbocycles. The predicted molar refractivity (Wildman–Crippen MR) is 62.8 cm³/mol. The van der Waals surface area contributed by atoms with Gasteiger partial charge in [0.25, 0.3) is 0 Å². The number of hydrogen-bond donors (Lipinski definition) is 1. The largest absolute Gasteiger partial charge is 0.326 e. The zero-order valence-corrected chi connectivity index (χ0v) is 9.81. The predicted octanol–water partition coefficient (Wildman–Crippen LogP) is 3.57. The van der Waals surface area contributed by atoms with E-state index in [1.54, 1.807) is 0 Å². The number of rotatable bonds is 3. The van der Waals surface area contributed by atoms with Gasteiger partial charge in [-0.05, 0) is 43.9 Å². The summed E-state index contributed by atoms with van der Waals surface area (Å²) >= 11 is 5.82. The van der Waals surface area contributed by atoms with Crippen molar-refractivity contribution in [3.8, 4) is 0 Å². The average Bonchev–Trinajstić information content (AvgIpc) is 2.02. The van der Waals surface area contributed by atoms with Gasteiger partial charge in [0.15, 0.2) is 0 Å². The van der Waals surface area contributed by atoms with Crippen molar-refractivity contribution in [3.05, 3.63) is 34.9 Å². The molecule has 2 heteroatoms. The van der Waals surface area contributed by atoms with Gasteiger partial charge in [-0.3, -0.25) is 0 Å². The van der Waals surface area contributed by atoms with Crippen LogP contribution in [-0.2, 0) is 0 Å². The summed E-state index contributed by atoms with van der Waals surface area (Å²) in [5, 5.41) is 0.785. The van der Waals surface area contributed by atoms with Crippen molar-refractivity contribution in [1.82, 2.24) is 0 Å². The van der Waals surface area contributed by atoms with Gasteiger partial charge in [0.2, 0.25) is 0 Å². The van der Waals surface area contributed by atoms with Gasteiger partial charge < -0.3 is 5.73 Å². The van der Waals surface area contributed by atoms with E-state index in [0.717, 1.165) is 11.4 Å². The monoisotopic (exact) mass is 211 g/mol. The average molecular weight is 212 g/mol. The maximum absolute atomic E-state index is 5.98. The molecular weight excluding hydrogens is 194 g/mol. The summed E-state index contributed by atoms with van der Waals surface area (Å²) in [6.45, 7) is 6.30. The Morgan fingerprint density at radius 3 is 2.21 bits per heavy atom. The van der Waals surface area contributed by atoms with Gasteiger partial charge in [-0.25, -0.2) is 0 Å². The lowest BCUT2D eigenvalue weighted by Gasteiger charge is -2.23. The molecule has 1 rings (SSSR count). The van der Waals surface area contributed by atoms with Crippen LogP contribution in [0.1, 0.15) is 38.7 Å². The Bertz CT molecular complexity index is 284. The molecule has 78 valence electrons. The fraction of sp³-hybridized carbons (Fsp3) is 0.500. The van der Waals surface area contributed by atoms with Gasteiger partial charge in [0, 0.05) is 10.6 Å². The number of benzene rings is 1. The molecule has 0 saturated carbocycles. The van der Waals surface area contributed by atoms with Crippen LogP contribution < -0.4 is 5.73 Å². The molecule has 2 N–H and O–H groups in total. The molecule has 0 spiro atoms. The highest BCUT2D eigenvalue weighted by Crippen LogP contribution is 2.25. The first-order chi connectivity index (χ1) is 6.38. The van der Waals surface area contributed by atoms with E-state index in [2.05, 4.69) is 32.9 Å². The smallest absolute Gasteiger partial charge is 0.0406 e. The zero-order chi connectivity index (χ0) is 10.8. The second-order valence-corrected chi connectivity index (χ2v) is 5.08. The van der Waals surface area contributed by atoms with Gasteiger partial charge in [0.05, 0.1) is 0 Å². The highest BCUT2D eigenvalue weighted by atomic mass is 35.5. The summed E-state index contributed by atoms with van der Waals surface area (Å²) in [6.07, 6.45) is 0.981. The van der Waals surface area contributed by atoms with Crippen molar-refractivity contribution < 1.29 is 0 Å². The van der Waals surface area contributed by atoms with Crippen LogP contribution in [-0.4, -0.2) is 5.54 Å². The molecule has 0 saturated heterocycles. The first kappa shape index (κ1) is 11.5. The fourth-order valence-corrected chi connectivity index (χ4v) is 1.82. The quantitative estimate of drug-likeness (QED) is 0.813. The van der Waals surface area contributed by atoms with Crippen LogP contribution in [0.5, 0.6) is 0 Å². The molecule has 0 bridgehead atoms. The zero-order valence-electron chi connectivity index (χ0n) is 9.05. The van der Waals surface area contributed by atoms with Crippen LogP contribution >= 0.6 is 11.6 Å². The topological polar surface area (TPSA) is 26.0 Å². The molecule has 0 aromatic heterocycles. The van der Waals surface area contributed by atoms with Gasteiger partial charge >= 0.3 is 0 Å². The molecular formula is C12H18ClN. The van der Waals surface area contributed by atoms with E-state index in [-0.39, 0.29) is 5.54 Å². The standard InChI is InChI=1S/C12H18ClN/c1-9(8-12(2,3)14)10-4-6-11(13)7-5-10/h4-7,9H,8,14H2,1-3H3. The van der Waals surface area contributed by atoms with Crippen molar-refractivity contribution in [2.24, 2.45) is 5.73 Å². The molecule has 1 aromatic carbocycles. The van der Waals surface area contributed by atoms with Crippen LogP contribution in [0.4, 0.5) is 0 Å². The third-order valence-corrected chi connectivity index (χ3v) is 2.52. The molecule has 0 heterocycles. The maximum atomic E-state index is 5.98. The summed E-state index contributed by atoms with van der Waals surface area (Å²) in [4.78, 5) is 0. The van der Waals surface area contributed by atoms with E-state index < -0.39 is 0 Å². The molecule has 0 aliphatic rings. The lowest BCUT2D eigenvalue weighted by atomic mass is 9.88. The maximum Gasteiger partial charge on any atom is 0.0406 e. The second kappa shape index (κ2) is 4.33. The number of halogens is 1. The Hall–Kier alpha value is -0.530. The van der Waals surface area contributed by atoms with Crippen LogP contribution in [0, 0.1) is 0 Å². The van der Waals surface area contributed by atoms with Gasteiger partial charge in [-0.2, -0.15) is 0 Å². The minimum Gasteiger partial charge on any atom is -0.326 e. The normalized spacial score (nSPS) is 14.1. The summed E-state index contributed by atoms with van der Waals surface area (Å²) in [6, 6.07) is 7.99. The van der Waals surface area contributed by atoms with Gasteiger partial charge in [-0.15, -0.1) is 0 Å². The van der Waals surface area contributed by atoms with Crippen molar-refractivity contribution in [3.63, 3.8) is 0 Å². The van der Waals surface area contributed by atoms with Crippen LogP contribution in [0.15, 0.2) is 24.3 Å². The van der Waals surface area contributed by atoms with Crippen molar-refractivity contribution in [2.75, 3.05) is 0 Å². The molecule has 1 atom stereocenters. The van der Waals surface area contributed by atoms with E-state index >= 15 is 0 Å². The Morgan fingerprint density at radius 1 is 1.29 bits per heavy atom. The summed E-state index contributed by atoms with van der Waals surface area (Å²) in [5.74, 6) is 0.479. The first-order valence-corrected chi connectivity index (χ1v) is 5.30. The van der Waals surface area contributed by atoms with E-state index in [9.17, 15) is 0 Å². The molecule has 0 radical (unpaired) electrons. The molecule has 1 nitrogen and oxygen atoms in total. The highest BCUT2D eigenvalue weighted by molar-refractivity contribution is 6.30. The molecule has 1 unspecified atom stereocenters. The molecule has 0 amide bonds. The molecule has 0 fully saturated rings. The third-order valence-electron chi connectivity index (χ3n) is 2.27. The van der Waals surface area contributed by atoms with E-state index in [0.29, 0.717) is 5.92 Å². The Morgan fingerprint density at radius 2 is 1.79 bits per heavy atom. The van der Waals surface area contributed by atoms with Crippen LogP contribution in [0.2, 0.25) is 5.02 Å². The van der Waals surface area contributed by atoms with Crippen LogP contribution in [0.3, 0.4) is 0 Å². The van der Waals surface area contributed by atoms with Crippen molar-refractivity contribution in [2.45, 2.75) is 38.6 Å². The first-order valence-electron chi connectivity index (χ1n) is 4.93. The van der Waals surface area contributed by atoms with E-state index in [1.807, 2.05) is 12.1 Å². The van der Waals surface area contributed by atoms with E-state index in [1.165, 1.54) is 5.56 Å². The minimum absolute atomic E-state index is 0.112. The SMILES string of the molecule is CC(CC(C)(C)N)c1ccc(Cl)cc1.